The molecule has 132 valence electrons. The molecule has 1 aromatic rings. The molecule has 1 aliphatic heterocycles. The van der Waals surface area contributed by atoms with Crippen molar-refractivity contribution in [3.8, 4) is 0 Å². The summed E-state index contributed by atoms with van der Waals surface area (Å²) in [6.07, 6.45) is -5.03. The number of ether oxygens (including phenoxy) is 1. The second-order valence-corrected chi connectivity index (χ2v) is 5.48. The fourth-order valence-electron chi connectivity index (χ4n) is 2.27. The van der Waals surface area contributed by atoms with E-state index in [4.69, 9.17) is 4.74 Å². The molecule has 1 aliphatic rings. The van der Waals surface area contributed by atoms with E-state index in [1.807, 2.05) is 4.90 Å². The van der Waals surface area contributed by atoms with E-state index in [9.17, 15) is 22.8 Å². The van der Waals surface area contributed by atoms with E-state index in [1.54, 1.807) is 11.4 Å². The summed E-state index contributed by atoms with van der Waals surface area (Å²) in [5.41, 5.74) is 0.445. The maximum atomic E-state index is 12.5. The minimum atomic E-state index is -5.03. The van der Waals surface area contributed by atoms with Crippen molar-refractivity contribution < 1.29 is 27.5 Å². The molecule has 0 bridgehead atoms. The Labute approximate surface area is 137 Å². The number of alkyl halides is 3. The zero-order chi connectivity index (χ0) is 17.9. The molecule has 2 rings (SSSR count). The van der Waals surface area contributed by atoms with E-state index in [-0.39, 0.29) is 11.3 Å². The minimum Gasteiger partial charge on any atom is -0.378 e. The zero-order valence-electron chi connectivity index (χ0n) is 13.3. The fraction of sp³-hybridized carbons (Fsp3) is 0.467. The second-order valence-electron chi connectivity index (χ2n) is 5.48. The highest BCUT2D eigenvalue weighted by atomic mass is 19.4. The summed E-state index contributed by atoms with van der Waals surface area (Å²) in [6, 6.07) is 4.44. The van der Waals surface area contributed by atoms with Gasteiger partial charge in [0.1, 0.15) is 0 Å². The number of morpholine rings is 1. The van der Waals surface area contributed by atoms with Gasteiger partial charge in [-0.3, -0.25) is 9.59 Å². The molecule has 0 atom stereocenters. The van der Waals surface area contributed by atoms with Crippen molar-refractivity contribution >= 4 is 23.2 Å². The quantitative estimate of drug-likeness (QED) is 0.906. The number of anilines is 2. The van der Waals surface area contributed by atoms with Gasteiger partial charge in [0, 0.05) is 32.9 Å². The van der Waals surface area contributed by atoms with Gasteiger partial charge in [0.25, 0.3) is 5.91 Å². The number of hydrogen-bond acceptors (Lipinski definition) is 4. The van der Waals surface area contributed by atoms with Crippen molar-refractivity contribution in [2.24, 2.45) is 0 Å². The average Bonchev–Trinajstić information content (AvgIpc) is 2.54. The van der Waals surface area contributed by atoms with Crippen LogP contribution in [-0.4, -0.2) is 63.3 Å². The van der Waals surface area contributed by atoms with Crippen LogP contribution in [0.5, 0.6) is 0 Å². The van der Waals surface area contributed by atoms with E-state index in [1.165, 1.54) is 31.1 Å². The normalized spacial score (nSPS) is 15.1. The molecule has 0 unspecified atom stereocenters. The molecule has 24 heavy (non-hydrogen) atoms. The van der Waals surface area contributed by atoms with E-state index in [0.717, 1.165) is 0 Å². The van der Waals surface area contributed by atoms with Crippen LogP contribution in [0.2, 0.25) is 0 Å². The zero-order valence-corrected chi connectivity index (χ0v) is 13.3. The third kappa shape index (κ3) is 4.16. The lowest BCUT2D eigenvalue weighted by atomic mass is 10.1. The van der Waals surface area contributed by atoms with E-state index < -0.39 is 18.0 Å². The molecule has 9 heteroatoms. The highest BCUT2D eigenvalue weighted by molar-refractivity contribution is 6.05. The number of hydrogen-bond donors (Lipinski definition) is 1. The summed E-state index contributed by atoms with van der Waals surface area (Å²) >= 11 is 0. The predicted molar refractivity (Wildman–Crippen MR) is 82.2 cm³/mol. The second kappa shape index (κ2) is 7.08. The molecule has 1 fully saturated rings. The number of nitrogens with one attached hydrogen (secondary N) is 1. The molecule has 2 amide bonds. The van der Waals surface area contributed by atoms with Gasteiger partial charge in [-0.15, -0.1) is 0 Å². The number of carbonyl (C=O) groups is 2. The molecule has 0 saturated carbocycles. The molecular formula is C15H18F3N3O3. The largest absolute Gasteiger partial charge is 0.471 e. The molecule has 0 aromatic heterocycles. The maximum Gasteiger partial charge on any atom is 0.471 e. The first kappa shape index (κ1) is 18.1. The molecule has 1 saturated heterocycles. The van der Waals surface area contributed by atoms with Gasteiger partial charge < -0.3 is 19.9 Å². The summed E-state index contributed by atoms with van der Waals surface area (Å²) in [4.78, 5) is 26.6. The van der Waals surface area contributed by atoms with Gasteiger partial charge in [0.05, 0.1) is 24.5 Å². The van der Waals surface area contributed by atoms with Crippen LogP contribution in [-0.2, 0) is 9.53 Å². The molecule has 6 nitrogen and oxygen atoms in total. The number of carbonyl (C=O) groups excluding carboxylic acids is 2. The van der Waals surface area contributed by atoms with Gasteiger partial charge in [-0.05, 0) is 18.2 Å². The average molecular weight is 345 g/mol. The van der Waals surface area contributed by atoms with Crippen molar-refractivity contribution in [3.05, 3.63) is 23.8 Å². The first-order valence-electron chi connectivity index (χ1n) is 7.26. The van der Waals surface area contributed by atoms with Crippen molar-refractivity contribution in [1.82, 2.24) is 4.90 Å². The topological polar surface area (TPSA) is 61.9 Å². The summed E-state index contributed by atoms with van der Waals surface area (Å²) in [6.45, 7) is 2.16. The third-order valence-electron chi connectivity index (χ3n) is 3.52. The standard InChI is InChI=1S/C15H18F3N3O3/c1-20(2)13(22)11-4-3-10(21-5-7-24-8-6-21)9-12(11)19-14(23)15(16,17)18/h3-4,9H,5-8H2,1-2H3,(H,19,23). The van der Waals surface area contributed by atoms with Crippen molar-refractivity contribution in [1.29, 1.82) is 0 Å². The Kier molecular flexibility index (Phi) is 5.33. The van der Waals surface area contributed by atoms with E-state index in [0.29, 0.717) is 32.0 Å². The van der Waals surface area contributed by atoms with Crippen molar-refractivity contribution in [3.63, 3.8) is 0 Å². The van der Waals surface area contributed by atoms with Crippen LogP contribution in [0.1, 0.15) is 10.4 Å². The molecule has 1 heterocycles. The lowest BCUT2D eigenvalue weighted by Gasteiger charge is -2.29. The van der Waals surface area contributed by atoms with Gasteiger partial charge in [-0.1, -0.05) is 0 Å². The molecule has 1 aromatic carbocycles. The number of nitrogens with zero attached hydrogens (tertiary/aromatic N) is 2. The summed E-state index contributed by atoms with van der Waals surface area (Å²) < 4.78 is 42.9. The first-order chi connectivity index (χ1) is 11.2. The van der Waals surface area contributed by atoms with Crippen LogP contribution in [0.25, 0.3) is 0 Å². The van der Waals surface area contributed by atoms with Gasteiger partial charge >= 0.3 is 12.1 Å². The Morgan fingerprint density at radius 2 is 1.83 bits per heavy atom. The van der Waals surface area contributed by atoms with Gasteiger partial charge in [0.2, 0.25) is 0 Å². The molecule has 0 radical (unpaired) electrons. The first-order valence-corrected chi connectivity index (χ1v) is 7.26. The number of benzene rings is 1. The van der Waals surface area contributed by atoms with Crippen molar-refractivity contribution in [2.45, 2.75) is 6.18 Å². The van der Waals surface area contributed by atoms with Crippen LogP contribution in [0.3, 0.4) is 0 Å². The molecule has 0 spiro atoms. The fourth-order valence-corrected chi connectivity index (χ4v) is 2.27. The SMILES string of the molecule is CN(C)C(=O)c1ccc(N2CCOCC2)cc1NC(=O)C(F)(F)F. The van der Waals surface area contributed by atoms with Crippen LogP contribution in [0, 0.1) is 0 Å². The highest BCUT2D eigenvalue weighted by Gasteiger charge is 2.39. The van der Waals surface area contributed by atoms with Crippen LogP contribution in [0.4, 0.5) is 24.5 Å². The highest BCUT2D eigenvalue weighted by Crippen LogP contribution is 2.27. The van der Waals surface area contributed by atoms with Crippen molar-refractivity contribution in [2.75, 3.05) is 50.6 Å². The lowest BCUT2D eigenvalue weighted by molar-refractivity contribution is -0.167. The smallest absolute Gasteiger partial charge is 0.378 e. The van der Waals surface area contributed by atoms with Crippen LogP contribution in [0.15, 0.2) is 18.2 Å². The van der Waals surface area contributed by atoms with Crippen LogP contribution < -0.4 is 10.2 Å². The predicted octanol–water partition coefficient (Wildman–Crippen LogP) is 1.73. The Hall–Kier alpha value is -2.29. The maximum absolute atomic E-state index is 12.5. The molecule has 1 N–H and O–H groups in total. The Balaban J connectivity index is 2.37. The van der Waals surface area contributed by atoms with Gasteiger partial charge in [-0.25, -0.2) is 0 Å². The monoisotopic (exact) mass is 345 g/mol. The van der Waals surface area contributed by atoms with Crippen LogP contribution >= 0.6 is 0 Å². The molecule has 0 aliphatic carbocycles. The van der Waals surface area contributed by atoms with Gasteiger partial charge in [0.15, 0.2) is 0 Å². The van der Waals surface area contributed by atoms with E-state index >= 15 is 0 Å². The van der Waals surface area contributed by atoms with E-state index in [2.05, 4.69) is 0 Å². The number of rotatable bonds is 3. The number of amides is 2. The minimum absolute atomic E-state index is 0.00499. The molecular weight excluding hydrogens is 327 g/mol. The Bertz CT molecular complexity index is 626. The summed E-state index contributed by atoms with van der Waals surface area (Å²) in [5, 5.41) is 1.80. The Morgan fingerprint density at radius 1 is 1.21 bits per heavy atom. The summed E-state index contributed by atoms with van der Waals surface area (Å²) in [7, 11) is 2.96. The Morgan fingerprint density at radius 3 is 2.38 bits per heavy atom. The lowest BCUT2D eigenvalue weighted by Crippen LogP contribution is -2.36. The summed E-state index contributed by atoms with van der Waals surface area (Å²) in [5.74, 6) is -2.62. The van der Waals surface area contributed by atoms with Gasteiger partial charge in [-0.2, -0.15) is 13.2 Å². The third-order valence-corrected chi connectivity index (χ3v) is 3.52. The number of halogens is 3.